The van der Waals surface area contributed by atoms with Crippen molar-refractivity contribution in [2.24, 2.45) is 0 Å². The molecule has 164 valence electrons. The van der Waals surface area contributed by atoms with Gasteiger partial charge >= 0.3 is 0 Å². The zero-order valence-electron chi connectivity index (χ0n) is 18.0. The number of ether oxygens (including phenoxy) is 1. The summed E-state index contributed by atoms with van der Waals surface area (Å²) in [5.41, 5.74) is 2.28. The van der Waals surface area contributed by atoms with Gasteiger partial charge in [0.15, 0.2) is 0 Å². The summed E-state index contributed by atoms with van der Waals surface area (Å²) in [6, 6.07) is 16.1. The van der Waals surface area contributed by atoms with E-state index >= 15 is 0 Å². The standard InChI is InChI=1S/C24H24N4O4/c1-16-7-5-8-17(13-16)23(30)25-15-22(29)27-11-6-12-28(27)24(31)20-14-21(32-2)18-9-3-4-10-19(18)26-20/h3-5,7-10,13-14H,6,11-12,15H2,1-2H3,(H,25,30). The number of carbonyl (C=O) groups excluding carboxylic acids is 3. The van der Waals surface area contributed by atoms with E-state index in [2.05, 4.69) is 10.3 Å². The van der Waals surface area contributed by atoms with Crippen LogP contribution in [0.3, 0.4) is 0 Å². The smallest absolute Gasteiger partial charge is 0.291 e. The molecular formula is C24H24N4O4. The highest BCUT2D eigenvalue weighted by atomic mass is 16.5. The van der Waals surface area contributed by atoms with Crippen LogP contribution in [0.5, 0.6) is 5.75 Å². The van der Waals surface area contributed by atoms with Crippen LogP contribution in [0, 0.1) is 6.92 Å². The first-order chi connectivity index (χ1) is 15.5. The van der Waals surface area contributed by atoms with Crippen molar-refractivity contribution in [2.75, 3.05) is 26.7 Å². The topological polar surface area (TPSA) is 91.8 Å². The maximum absolute atomic E-state index is 13.2. The third kappa shape index (κ3) is 4.25. The molecule has 1 N–H and O–H groups in total. The Morgan fingerprint density at radius 2 is 1.81 bits per heavy atom. The van der Waals surface area contributed by atoms with E-state index < -0.39 is 0 Å². The predicted molar refractivity (Wildman–Crippen MR) is 119 cm³/mol. The number of aromatic nitrogens is 1. The summed E-state index contributed by atoms with van der Waals surface area (Å²) >= 11 is 0. The maximum Gasteiger partial charge on any atom is 0.291 e. The third-order valence-corrected chi connectivity index (χ3v) is 5.35. The largest absolute Gasteiger partial charge is 0.496 e. The molecule has 2 heterocycles. The molecule has 8 nitrogen and oxygen atoms in total. The van der Waals surface area contributed by atoms with E-state index in [1.807, 2.05) is 37.3 Å². The Labute approximate surface area is 185 Å². The highest BCUT2D eigenvalue weighted by Crippen LogP contribution is 2.26. The average Bonchev–Trinajstić information content (AvgIpc) is 3.31. The lowest BCUT2D eigenvalue weighted by Gasteiger charge is -2.28. The average molecular weight is 432 g/mol. The summed E-state index contributed by atoms with van der Waals surface area (Å²) in [7, 11) is 1.54. The molecule has 8 heteroatoms. The number of aryl methyl sites for hydroxylation is 1. The van der Waals surface area contributed by atoms with Gasteiger partial charge < -0.3 is 10.1 Å². The number of amides is 3. The Kier molecular flexibility index (Phi) is 6.02. The summed E-state index contributed by atoms with van der Waals surface area (Å²) in [6.07, 6.45) is 0.647. The number of hydrogen-bond donors (Lipinski definition) is 1. The van der Waals surface area contributed by atoms with Crippen LogP contribution < -0.4 is 10.1 Å². The number of pyridine rings is 1. The number of rotatable bonds is 5. The Bertz CT molecular complexity index is 1190. The van der Waals surface area contributed by atoms with E-state index in [1.165, 1.54) is 10.0 Å². The van der Waals surface area contributed by atoms with Crippen molar-refractivity contribution in [3.8, 4) is 5.75 Å². The molecule has 0 spiro atoms. The van der Waals surface area contributed by atoms with E-state index in [-0.39, 0.29) is 30.0 Å². The molecule has 0 aliphatic carbocycles. The summed E-state index contributed by atoms with van der Waals surface area (Å²) in [4.78, 5) is 42.8. The number of nitrogens with one attached hydrogen (secondary N) is 1. The maximum atomic E-state index is 13.2. The van der Waals surface area contributed by atoms with Gasteiger partial charge in [-0.3, -0.25) is 14.4 Å². The highest BCUT2D eigenvalue weighted by Gasteiger charge is 2.32. The van der Waals surface area contributed by atoms with Crippen LogP contribution in [0.1, 0.15) is 32.8 Å². The zero-order valence-corrected chi connectivity index (χ0v) is 18.0. The second-order valence-electron chi connectivity index (χ2n) is 7.58. The minimum atomic E-state index is -0.384. The van der Waals surface area contributed by atoms with Crippen LogP contribution in [-0.4, -0.2) is 59.5 Å². The molecule has 4 rings (SSSR count). The molecule has 1 aliphatic heterocycles. The van der Waals surface area contributed by atoms with Crippen molar-refractivity contribution in [2.45, 2.75) is 13.3 Å². The van der Waals surface area contributed by atoms with Gasteiger partial charge in [0.25, 0.3) is 17.7 Å². The first-order valence-corrected chi connectivity index (χ1v) is 10.4. The minimum Gasteiger partial charge on any atom is -0.496 e. The number of carbonyl (C=O) groups is 3. The minimum absolute atomic E-state index is 0.198. The number of nitrogens with zero attached hydrogens (tertiary/aromatic N) is 3. The molecule has 1 fully saturated rings. The van der Waals surface area contributed by atoms with E-state index in [4.69, 9.17) is 4.74 Å². The first kappa shape index (κ1) is 21.3. The number of hydrazine groups is 1. The molecule has 1 aliphatic rings. The molecule has 0 radical (unpaired) electrons. The fourth-order valence-corrected chi connectivity index (χ4v) is 3.77. The van der Waals surface area contributed by atoms with Gasteiger partial charge in [-0.2, -0.15) is 0 Å². The molecule has 0 bridgehead atoms. The Morgan fingerprint density at radius 1 is 1.03 bits per heavy atom. The summed E-state index contributed by atoms with van der Waals surface area (Å²) in [5.74, 6) is -0.531. The quantitative estimate of drug-likeness (QED) is 0.669. The van der Waals surface area contributed by atoms with Gasteiger partial charge in [-0.05, 0) is 37.6 Å². The van der Waals surface area contributed by atoms with Crippen molar-refractivity contribution in [1.82, 2.24) is 20.3 Å². The van der Waals surface area contributed by atoms with Crippen LogP contribution in [0.2, 0.25) is 0 Å². The van der Waals surface area contributed by atoms with Crippen LogP contribution >= 0.6 is 0 Å². The molecular weight excluding hydrogens is 408 g/mol. The number of fused-ring (bicyclic) bond motifs is 1. The number of methoxy groups -OCH3 is 1. The van der Waals surface area contributed by atoms with Gasteiger partial charge in [-0.15, -0.1) is 0 Å². The molecule has 3 aromatic rings. The zero-order chi connectivity index (χ0) is 22.7. The van der Waals surface area contributed by atoms with Gasteiger partial charge in [0.1, 0.15) is 11.4 Å². The van der Waals surface area contributed by atoms with Crippen LogP contribution in [-0.2, 0) is 4.79 Å². The van der Waals surface area contributed by atoms with E-state index in [0.717, 1.165) is 10.9 Å². The summed E-state index contributed by atoms with van der Waals surface area (Å²) in [6.45, 7) is 2.49. The van der Waals surface area contributed by atoms with Crippen LogP contribution in [0.25, 0.3) is 10.9 Å². The van der Waals surface area contributed by atoms with Crippen LogP contribution in [0.4, 0.5) is 0 Å². The summed E-state index contributed by atoms with van der Waals surface area (Å²) < 4.78 is 5.43. The second kappa shape index (κ2) is 9.05. The normalized spacial score (nSPS) is 13.3. The first-order valence-electron chi connectivity index (χ1n) is 10.4. The molecule has 0 atom stereocenters. The Balaban J connectivity index is 1.48. The fourth-order valence-electron chi connectivity index (χ4n) is 3.77. The van der Waals surface area contributed by atoms with E-state index in [9.17, 15) is 14.4 Å². The highest BCUT2D eigenvalue weighted by molar-refractivity contribution is 5.99. The predicted octanol–water partition coefficient (Wildman–Crippen LogP) is 2.57. The fraction of sp³-hybridized carbons (Fsp3) is 0.250. The van der Waals surface area contributed by atoms with Gasteiger partial charge in [-0.1, -0.05) is 29.8 Å². The van der Waals surface area contributed by atoms with Gasteiger partial charge in [0.05, 0.1) is 19.2 Å². The van der Waals surface area contributed by atoms with Crippen molar-refractivity contribution in [3.63, 3.8) is 0 Å². The molecule has 2 aromatic carbocycles. The number of benzene rings is 2. The number of hydrogen-bond acceptors (Lipinski definition) is 5. The van der Waals surface area contributed by atoms with Gasteiger partial charge in [0, 0.05) is 30.1 Å². The molecule has 1 saturated heterocycles. The Hall–Kier alpha value is -3.94. The van der Waals surface area contributed by atoms with E-state index in [0.29, 0.717) is 36.3 Å². The monoisotopic (exact) mass is 432 g/mol. The van der Waals surface area contributed by atoms with Crippen LogP contribution in [0.15, 0.2) is 54.6 Å². The molecule has 32 heavy (non-hydrogen) atoms. The lowest BCUT2D eigenvalue weighted by molar-refractivity contribution is -0.139. The van der Waals surface area contributed by atoms with Gasteiger partial charge in [0.2, 0.25) is 0 Å². The second-order valence-corrected chi connectivity index (χ2v) is 7.58. The lowest BCUT2D eigenvalue weighted by Crippen LogP contribution is -2.48. The molecule has 0 unspecified atom stereocenters. The van der Waals surface area contributed by atoms with Crippen molar-refractivity contribution < 1.29 is 19.1 Å². The Morgan fingerprint density at radius 3 is 2.59 bits per heavy atom. The summed E-state index contributed by atoms with van der Waals surface area (Å²) in [5, 5.41) is 6.21. The van der Waals surface area contributed by atoms with Crippen molar-refractivity contribution in [3.05, 3.63) is 71.4 Å². The van der Waals surface area contributed by atoms with E-state index in [1.54, 1.807) is 31.4 Å². The molecule has 0 saturated carbocycles. The third-order valence-electron chi connectivity index (χ3n) is 5.35. The van der Waals surface area contributed by atoms with Crippen molar-refractivity contribution >= 4 is 28.6 Å². The number of para-hydroxylation sites is 1. The lowest BCUT2D eigenvalue weighted by atomic mass is 10.1. The SMILES string of the molecule is COc1cc(C(=O)N2CCCN2C(=O)CNC(=O)c2cccc(C)c2)nc2ccccc12. The van der Waals surface area contributed by atoms with Gasteiger partial charge in [-0.25, -0.2) is 15.0 Å². The molecule has 3 amide bonds. The van der Waals surface area contributed by atoms with Crippen molar-refractivity contribution in [1.29, 1.82) is 0 Å². The molecule has 1 aromatic heterocycles.